The molecular weight excluding hydrogens is 288 g/mol. The van der Waals surface area contributed by atoms with E-state index in [1.54, 1.807) is 0 Å². The van der Waals surface area contributed by atoms with Gasteiger partial charge in [-0.05, 0) is 79.2 Å². The van der Waals surface area contributed by atoms with Crippen molar-refractivity contribution in [2.45, 2.75) is 12.8 Å². The number of allylic oxidation sites excluding steroid dienone is 1. The molecule has 24 heavy (non-hydrogen) atoms. The Kier molecular flexibility index (Phi) is 2.28. The third-order valence-electron chi connectivity index (χ3n) is 5.63. The van der Waals surface area contributed by atoms with E-state index in [-0.39, 0.29) is 0 Å². The Balaban J connectivity index is 1.94. The van der Waals surface area contributed by atoms with Crippen LogP contribution >= 0.6 is 0 Å². The van der Waals surface area contributed by atoms with Gasteiger partial charge in [0.05, 0.1) is 0 Å². The van der Waals surface area contributed by atoms with E-state index >= 15 is 0 Å². The average molecular weight is 304 g/mol. The molecule has 1 aliphatic carbocycles. The first-order valence-electron chi connectivity index (χ1n) is 8.69. The molecule has 0 nitrogen and oxygen atoms in total. The molecule has 0 bridgehead atoms. The van der Waals surface area contributed by atoms with Crippen molar-refractivity contribution < 1.29 is 0 Å². The number of rotatable bonds is 0. The molecule has 0 atom stereocenters. The van der Waals surface area contributed by atoms with Gasteiger partial charge in [-0.1, -0.05) is 60.7 Å². The zero-order valence-electron chi connectivity index (χ0n) is 13.3. The summed E-state index contributed by atoms with van der Waals surface area (Å²) in [5.74, 6) is 0. The van der Waals surface area contributed by atoms with Gasteiger partial charge in [-0.3, -0.25) is 0 Å². The van der Waals surface area contributed by atoms with E-state index in [0.29, 0.717) is 0 Å². The molecule has 0 unspecified atom stereocenters. The Morgan fingerprint density at radius 2 is 1.42 bits per heavy atom. The average Bonchev–Trinajstić information content (AvgIpc) is 2.65. The highest BCUT2D eigenvalue weighted by molar-refractivity contribution is 6.29. The summed E-state index contributed by atoms with van der Waals surface area (Å²) in [7, 11) is 0. The van der Waals surface area contributed by atoms with E-state index < -0.39 is 0 Å². The largest absolute Gasteiger partial charge is 0.0836 e. The Morgan fingerprint density at radius 3 is 2.38 bits per heavy atom. The highest BCUT2D eigenvalue weighted by Gasteiger charge is 2.16. The Hall–Kier alpha value is -2.86. The van der Waals surface area contributed by atoms with E-state index in [9.17, 15) is 0 Å². The summed E-state index contributed by atoms with van der Waals surface area (Å²) in [5.41, 5.74) is 2.92. The molecule has 0 heterocycles. The molecule has 0 saturated heterocycles. The second-order valence-corrected chi connectivity index (χ2v) is 6.91. The van der Waals surface area contributed by atoms with Crippen molar-refractivity contribution in [3.05, 3.63) is 77.9 Å². The predicted molar refractivity (Wildman–Crippen MR) is 105 cm³/mol. The molecule has 112 valence electrons. The smallest absolute Gasteiger partial charge is 0.00202 e. The molecule has 6 rings (SSSR count). The Bertz CT molecular complexity index is 1290. The van der Waals surface area contributed by atoms with Crippen LogP contribution in [0.2, 0.25) is 0 Å². The van der Waals surface area contributed by atoms with Gasteiger partial charge in [0.15, 0.2) is 0 Å². The molecule has 0 aromatic heterocycles. The van der Waals surface area contributed by atoms with E-state index in [1.807, 2.05) is 0 Å². The fraction of sp³-hybridized carbons (Fsp3) is 0.0833. The van der Waals surface area contributed by atoms with Crippen molar-refractivity contribution >= 4 is 49.2 Å². The maximum absolute atomic E-state index is 2.38. The quantitative estimate of drug-likeness (QED) is 0.221. The summed E-state index contributed by atoms with van der Waals surface area (Å²) in [6.45, 7) is 0. The zero-order valence-corrected chi connectivity index (χ0v) is 13.3. The van der Waals surface area contributed by atoms with Crippen LogP contribution in [-0.2, 0) is 6.42 Å². The summed E-state index contributed by atoms with van der Waals surface area (Å²) in [6.07, 6.45) is 6.90. The van der Waals surface area contributed by atoms with Gasteiger partial charge in [-0.2, -0.15) is 0 Å². The summed E-state index contributed by atoms with van der Waals surface area (Å²) in [4.78, 5) is 0. The minimum atomic E-state index is 1.15. The number of hydrogen-bond acceptors (Lipinski definition) is 0. The first-order chi connectivity index (χ1) is 11.9. The van der Waals surface area contributed by atoms with Crippen LogP contribution in [0, 0.1) is 0 Å². The number of hydrogen-bond donors (Lipinski definition) is 0. The number of aryl methyl sites for hydroxylation is 1. The molecule has 0 spiro atoms. The summed E-state index contributed by atoms with van der Waals surface area (Å²) < 4.78 is 0. The first kappa shape index (κ1) is 12.5. The number of fused-ring (bicyclic) bond motifs is 4. The van der Waals surface area contributed by atoms with Gasteiger partial charge in [-0.15, -0.1) is 0 Å². The maximum Gasteiger partial charge on any atom is -0.00202 e. The van der Waals surface area contributed by atoms with Crippen LogP contribution in [-0.4, -0.2) is 0 Å². The molecule has 0 radical (unpaired) electrons. The van der Waals surface area contributed by atoms with E-state index in [2.05, 4.69) is 72.8 Å². The lowest BCUT2D eigenvalue weighted by atomic mass is 9.85. The van der Waals surface area contributed by atoms with Gasteiger partial charge < -0.3 is 0 Å². The second kappa shape index (κ2) is 4.36. The Morgan fingerprint density at radius 1 is 0.625 bits per heavy atom. The molecule has 0 heteroatoms. The molecule has 0 aliphatic heterocycles. The number of benzene rings is 5. The predicted octanol–water partition coefficient (Wildman–Crippen LogP) is 6.70. The van der Waals surface area contributed by atoms with Crippen molar-refractivity contribution in [3.63, 3.8) is 0 Å². The van der Waals surface area contributed by atoms with Crippen molar-refractivity contribution in [2.24, 2.45) is 0 Å². The molecule has 5 aromatic rings. The van der Waals surface area contributed by atoms with Gasteiger partial charge in [0.25, 0.3) is 0 Å². The summed E-state index contributed by atoms with van der Waals surface area (Å²) >= 11 is 0. The van der Waals surface area contributed by atoms with Crippen LogP contribution < -0.4 is 0 Å². The normalized spacial score (nSPS) is 14.2. The third kappa shape index (κ3) is 1.48. The summed E-state index contributed by atoms with van der Waals surface area (Å²) in [5, 5.41) is 11.1. The topological polar surface area (TPSA) is 0 Å². The van der Waals surface area contributed by atoms with Crippen LogP contribution in [0.4, 0.5) is 0 Å². The maximum atomic E-state index is 2.38. The fourth-order valence-electron chi connectivity index (χ4n) is 4.58. The van der Waals surface area contributed by atoms with E-state index in [4.69, 9.17) is 0 Å². The van der Waals surface area contributed by atoms with Gasteiger partial charge >= 0.3 is 0 Å². The third-order valence-corrected chi connectivity index (χ3v) is 5.63. The zero-order chi connectivity index (χ0) is 15.7. The molecule has 1 aliphatic rings. The SMILES string of the molecule is C1=Cc2cc3ccc4cc5ccccc5c5ccc(c2CC1)c3c45. The fourth-order valence-corrected chi connectivity index (χ4v) is 4.58. The van der Waals surface area contributed by atoms with Crippen molar-refractivity contribution in [3.8, 4) is 0 Å². The summed E-state index contributed by atoms with van der Waals surface area (Å²) in [6, 6.07) is 22.7. The highest BCUT2D eigenvalue weighted by Crippen LogP contribution is 2.41. The van der Waals surface area contributed by atoms with E-state index in [0.717, 1.165) is 12.8 Å². The molecule has 0 saturated carbocycles. The standard InChI is InChI=1S/C24H16/c1-3-7-19-15(5-1)13-17-9-10-18-14-16-6-2-4-8-20(16)22-12-11-21(19)23(17)24(18)22/h1-3,5-7,9-14H,4,8H2. The van der Waals surface area contributed by atoms with E-state index in [1.165, 1.54) is 54.2 Å². The highest BCUT2D eigenvalue weighted by atomic mass is 14.2. The van der Waals surface area contributed by atoms with Crippen LogP contribution in [0.15, 0.2) is 66.7 Å². The lowest BCUT2D eigenvalue weighted by Gasteiger charge is -2.19. The van der Waals surface area contributed by atoms with Crippen LogP contribution in [0.1, 0.15) is 17.5 Å². The van der Waals surface area contributed by atoms with Gasteiger partial charge in [0, 0.05) is 0 Å². The van der Waals surface area contributed by atoms with Crippen LogP contribution in [0.5, 0.6) is 0 Å². The first-order valence-corrected chi connectivity index (χ1v) is 8.69. The molecule has 0 N–H and O–H groups in total. The Labute approximate surface area is 140 Å². The lowest BCUT2D eigenvalue weighted by molar-refractivity contribution is 0.998. The monoisotopic (exact) mass is 304 g/mol. The van der Waals surface area contributed by atoms with Crippen LogP contribution in [0.25, 0.3) is 49.2 Å². The van der Waals surface area contributed by atoms with Gasteiger partial charge in [-0.25, -0.2) is 0 Å². The molecule has 0 amide bonds. The van der Waals surface area contributed by atoms with Gasteiger partial charge in [0.2, 0.25) is 0 Å². The molecular formula is C24H16. The second-order valence-electron chi connectivity index (χ2n) is 6.91. The lowest BCUT2D eigenvalue weighted by Crippen LogP contribution is -1.97. The van der Waals surface area contributed by atoms with Crippen molar-refractivity contribution in [2.75, 3.05) is 0 Å². The van der Waals surface area contributed by atoms with Gasteiger partial charge in [0.1, 0.15) is 0 Å². The molecule has 5 aromatic carbocycles. The minimum Gasteiger partial charge on any atom is -0.0836 e. The molecule has 0 fully saturated rings. The van der Waals surface area contributed by atoms with Crippen molar-refractivity contribution in [1.82, 2.24) is 0 Å². The van der Waals surface area contributed by atoms with Crippen molar-refractivity contribution in [1.29, 1.82) is 0 Å². The van der Waals surface area contributed by atoms with Crippen LogP contribution in [0.3, 0.4) is 0 Å². The minimum absolute atomic E-state index is 1.15.